The first-order chi connectivity index (χ1) is 9.14. The van der Waals surface area contributed by atoms with E-state index in [0.29, 0.717) is 31.1 Å². The van der Waals surface area contributed by atoms with Crippen LogP contribution in [0.5, 0.6) is 0 Å². The quantitative estimate of drug-likeness (QED) is 0.833. The fourth-order valence-electron chi connectivity index (χ4n) is 2.36. The number of rotatable bonds is 6. The van der Waals surface area contributed by atoms with Crippen LogP contribution in [0.1, 0.15) is 57.2 Å². The van der Waals surface area contributed by atoms with Crippen molar-refractivity contribution in [2.45, 2.75) is 57.4 Å². The molecule has 0 saturated heterocycles. The van der Waals surface area contributed by atoms with Gasteiger partial charge in [0.05, 0.1) is 5.54 Å². The molecule has 3 N–H and O–H groups in total. The predicted octanol–water partition coefficient (Wildman–Crippen LogP) is 1.68. The highest BCUT2D eigenvalue weighted by atomic mass is 35.5. The van der Waals surface area contributed by atoms with Gasteiger partial charge in [-0.15, -0.1) is 12.4 Å². The van der Waals surface area contributed by atoms with Crippen LogP contribution in [0.15, 0.2) is 4.52 Å². The number of aromatic nitrogens is 2. The van der Waals surface area contributed by atoms with E-state index >= 15 is 0 Å². The lowest BCUT2D eigenvalue weighted by Crippen LogP contribution is -2.34. The Kier molecular flexibility index (Phi) is 6.42. The monoisotopic (exact) mass is 302 g/mol. The number of aryl methyl sites for hydroxylation is 1. The summed E-state index contributed by atoms with van der Waals surface area (Å²) in [4.78, 5) is 15.8. The molecule has 0 spiro atoms. The number of nitrogens with two attached hydrogens (primary N) is 1. The number of hydrogen-bond acceptors (Lipinski definition) is 5. The SMILES string of the molecule is CCCNC(=O)CCc1nc(C2(N)CCCC2)no1.Cl. The summed E-state index contributed by atoms with van der Waals surface area (Å²) in [6, 6.07) is 0. The second-order valence-corrected chi connectivity index (χ2v) is 5.22. The highest BCUT2D eigenvalue weighted by molar-refractivity contribution is 5.85. The number of nitrogens with zero attached hydrogens (tertiary/aromatic N) is 2. The number of nitrogens with one attached hydrogen (secondary N) is 1. The van der Waals surface area contributed by atoms with Crippen LogP contribution in [0.25, 0.3) is 0 Å². The highest BCUT2D eigenvalue weighted by Gasteiger charge is 2.35. The Hall–Kier alpha value is -1.14. The largest absolute Gasteiger partial charge is 0.356 e. The van der Waals surface area contributed by atoms with Gasteiger partial charge in [-0.2, -0.15) is 4.98 Å². The van der Waals surface area contributed by atoms with Crippen molar-refractivity contribution < 1.29 is 9.32 Å². The molecule has 0 unspecified atom stereocenters. The lowest BCUT2D eigenvalue weighted by atomic mass is 9.99. The smallest absolute Gasteiger partial charge is 0.227 e. The van der Waals surface area contributed by atoms with E-state index in [9.17, 15) is 4.79 Å². The van der Waals surface area contributed by atoms with Gasteiger partial charge < -0.3 is 15.6 Å². The summed E-state index contributed by atoms with van der Waals surface area (Å²) in [6.07, 6.45) is 5.81. The maximum absolute atomic E-state index is 11.5. The van der Waals surface area contributed by atoms with E-state index in [1.54, 1.807) is 0 Å². The van der Waals surface area contributed by atoms with E-state index in [1.165, 1.54) is 0 Å². The summed E-state index contributed by atoms with van der Waals surface area (Å²) in [5.41, 5.74) is 5.83. The molecule has 1 aliphatic carbocycles. The molecule has 0 bridgehead atoms. The van der Waals surface area contributed by atoms with E-state index in [4.69, 9.17) is 10.3 Å². The van der Waals surface area contributed by atoms with Gasteiger partial charge >= 0.3 is 0 Å². The van der Waals surface area contributed by atoms with Gasteiger partial charge in [0.2, 0.25) is 11.8 Å². The lowest BCUT2D eigenvalue weighted by molar-refractivity contribution is -0.121. The minimum atomic E-state index is -0.424. The maximum Gasteiger partial charge on any atom is 0.227 e. The third kappa shape index (κ3) is 4.18. The third-order valence-corrected chi connectivity index (χ3v) is 3.55. The Balaban J connectivity index is 0.00000200. The number of carbonyl (C=O) groups is 1. The summed E-state index contributed by atoms with van der Waals surface area (Å²) >= 11 is 0. The highest BCUT2D eigenvalue weighted by Crippen LogP contribution is 2.34. The number of hydrogen-bond donors (Lipinski definition) is 2. The van der Waals surface area contributed by atoms with Crippen LogP contribution in [-0.2, 0) is 16.8 Å². The average Bonchev–Trinajstić information content (AvgIpc) is 3.03. The van der Waals surface area contributed by atoms with Crippen LogP contribution < -0.4 is 11.1 Å². The van der Waals surface area contributed by atoms with E-state index in [1.807, 2.05) is 6.92 Å². The van der Waals surface area contributed by atoms with Gasteiger partial charge in [0.15, 0.2) is 5.82 Å². The molecular weight excluding hydrogens is 280 g/mol. The normalized spacial score (nSPS) is 16.7. The first-order valence-electron chi connectivity index (χ1n) is 7.03. The summed E-state index contributed by atoms with van der Waals surface area (Å²) in [5, 5.41) is 6.79. The van der Waals surface area contributed by atoms with Gasteiger partial charge in [-0.1, -0.05) is 24.9 Å². The topological polar surface area (TPSA) is 94.0 Å². The average molecular weight is 303 g/mol. The van der Waals surface area contributed by atoms with Crippen LogP contribution in [0.2, 0.25) is 0 Å². The third-order valence-electron chi connectivity index (χ3n) is 3.55. The Morgan fingerprint density at radius 2 is 2.15 bits per heavy atom. The second-order valence-electron chi connectivity index (χ2n) is 5.22. The van der Waals surface area contributed by atoms with Gasteiger partial charge in [-0.05, 0) is 19.3 Å². The van der Waals surface area contributed by atoms with Crippen molar-refractivity contribution in [3.8, 4) is 0 Å². The van der Waals surface area contributed by atoms with Crippen molar-refractivity contribution in [2.75, 3.05) is 6.54 Å². The molecule has 2 rings (SSSR count). The predicted molar refractivity (Wildman–Crippen MR) is 77.5 cm³/mol. The molecule has 20 heavy (non-hydrogen) atoms. The molecule has 0 atom stereocenters. The van der Waals surface area contributed by atoms with Crippen LogP contribution in [0, 0.1) is 0 Å². The maximum atomic E-state index is 11.5. The van der Waals surface area contributed by atoms with Crippen molar-refractivity contribution >= 4 is 18.3 Å². The zero-order valence-corrected chi connectivity index (χ0v) is 12.7. The molecule has 0 aromatic carbocycles. The van der Waals surface area contributed by atoms with Crippen molar-refractivity contribution in [2.24, 2.45) is 5.73 Å². The van der Waals surface area contributed by atoms with Gasteiger partial charge in [-0.3, -0.25) is 4.79 Å². The Morgan fingerprint density at radius 3 is 2.80 bits per heavy atom. The van der Waals surface area contributed by atoms with Crippen molar-refractivity contribution in [3.05, 3.63) is 11.7 Å². The molecule has 1 saturated carbocycles. The molecule has 1 amide bonds. The van der Waals surface area contributed by atoms with Crippen LogP contribution in [0.4, 0.5) is 0 Å². The molecule has 7 heteroatoms. The summed E-state index contributed by atoms with van der Waals surface area (Å²) < 4.78 is 5.18. The minimum Gasteiger partial charge on any atom is -0.356 e. The molecule has 1 aromatic heterocycles. The Bertz CT molecular complexity index is 430. The van der Waals surface area contributed by atoms with Crippen LogP contribution in [-0.4, -0.2) is 22.6 Å². The molecule has 0 radical (unpaired) electrons. The van der Waals surface area contributed by atoms with Gasteiger partial charge in [0.1, 0.15) is 0 Å². The second kappa shape index (κ2) is 7.59. The Labute approximate surface area is 125 Å². The Morgan fingerprint density at radius 1 is 1.45 bits per heavy atom. The van der Waals surface area contributed by atoms with Crippen LogP contribution >= 0.6 is 12.4 Å². The summed E-state index contributed by atoms with van der Waals surface area (Å²) in [7, 11) is 0. The molecular formula is C13H23ClN4O2. The molecule has 0 aliphatic heterocycles. The van der Waals surface area contributed by atoms with Crippen molar-refractivity contribution in [1.82, 2.24) is 15.5 Å². The van der Waals surface area contributed by atoms with E-state index in [-0.39, 0.29) is 18.3 Å². The van der Waals surface area contributed by atoms with Gasteiger partial charge in [-0.25, -0.2) is 0 Å². The zero-order valence-electron chi connectivity index (χ0n) is 11.9. The molecule has 1 fully saturated rings. The number of amides is 1. The fraction of sp³-hybridized carbons (Fsp3) is 0.769. The summed E-state index contributed by atoms with van der Waals surface area (Å²) in [6.45, 7) is 2.73. The number of halogens is 1. The van der Waals surface area contributed by atoms with E-state index in [2.05, 4.69) is 15.5 Å². The lowest BCUT2D eigenvalue weighted by Gasteiger charge is -2.17. The minimum absolute atomic E-state index is 0. The molecule has 1 heterocycles. The molecule has 1 aliphatic rings. The van der Waals surface area contributed by atoms with Crippen molar-refractivity contribution in [3.63, 3.8) is 0 Å². The van der Waals surface area contributed by atoms with Crippen molar-refractivity contribution in [1.29, 1.82) is 0 Å². The molecule has 114 valence electrons. The zero-order chi connectivity index (χ0) is 13.7. The van der Waals surface area contributed by atoms with E-state index in [0.717, 1.165) is 32.1 Å². The van der Waals surface area contributed by atoms with Gasteiger partial charge in [0.25, 0.3) is 0 Å². The standard InChI is InChI=1S/C13H22N4O2.ClH/c1-2-9-15-10(18)5-6-11-16-12(17-19-11)13(14)7-3-4-8-13;/h2-9,14H2,1H3,(H,15,18);1H. The molecule has 6 nitrogen and oxygen atoms in total. The molecule has 1 aromatic rings. The number of carbonyl (C=O) groups excluding carboxylic acids is 1. The summed E-state index contributed by atoms with van der Waals surface area (Å²) in [5.74, 6) is 1.11. The van der Waals surface area contributed by atoms with Gasteiger partial charge in [0, 0.05) is 19.4 Å². The first-order valence-corrected chi connectivity index (χ1v) is 7.03. The van der Waals surface area contributed by atoms with Crippen LogP contribution in [0.3, 0.4) is 0 Å². The first kappa shape index (κ1) is 16.9. The van der Waals surface area contributed by atoms with E-state index < -0.39 is 5.54 Å². The fourth-order valence-corrected chi connectivity index (χ4v) is 2.36.